The summed E-state index contributed by atoms with van der Waals surface area (Å²) in [6, 6.07) is 0. The monoisotopic (exact) mass is 1110 g/mol. The van der Waals surface area contributed by atoms with Gasteiger partial charge < -0.3 is 14.2 Å². The molecule has 80 heavy (non-hydrogen) atoms. The lowest BCUT2D eigenvalue weighted by atomic mass is 10.0. The minimum atomic E-state index is -0.803. The average Bonchev–Trinajstić information content (AvgIpc) is 3.46. The molecule has 6 nitrogen and oxygen atoms in total. The molecule has 456 valence electrons. The number of hydrogen-bond donors (Lipinski definition) is 0. The fourth-order valence-corrected chi connectivity index (χ4v) is 9.22. The second kappa shape index (κ2) is 67.3. The minimum Gasteiger partial charge on any atom is -0.462 e. The van der Waals surface area contributed by atoms with Crippen LogP contribution in [0.15, 0.2) is 122 Å². The molecule has 0 saturated heterocycles. The Kier molecular flexibility index (Phi) is 63.8. The van der Waals surface area contributed by atoms with Crippen molar-refractivity contribution in [3.63, 3.8) is 0 Å². The number of carbonyl (C=O) groups excluding carboxylic acids is 3. The number of carbonyl (C=O) groups is 3. The van der Waals surface area contributed by atoms with Gasteiger partial charge in [-0.25, -0.2) is 0 Å². The Hall–Kier alpha value is -4.19. The van der Waals surface area contributed by atoms with Crippen LogP contribution in [0.5, 0.6) is 0 Å². The number of esters is 3. The summed E-state index contributed by atoms with van der Waals surface area (Å²) in [6.07, 6.45) is 93.5. The van der Waals surface area contributed by atoms with Crippen LogP contribution in [-0.4, -0.2) is 37.2 Å². The zero-order valence-corrected chi connectivity index (χ0v) is 52.3. The largest absolute Gasteiger partial charge is 0.462 e. The van der Waals surface area contributed by atoms with E-state index < -0.39 is 6.10 Å². The van der Waals surface area contributed by atoms with E-state index in [2.05, 4.69) is 142 Å². The summed E-state index contributed by atoms with van der Waals surface area (Å²) >= 11 is 0. The summed E-state index contributed by atoms with van der Waals surface area (Å²) in [6.45, 7) is 6.40. The second-order valence-electron chi connectivity index (χ2n) is 22.0. The molecule has 0 aromatic heterocycles. The minimum absolute atomic E-state index is 0.0951. The van der Waals surface area contributed by atoms with Crippen molar-refractivity contribution in [1.29, 1.82) is 0 Å². The molecular weight excluding hydrogens is 985 g/mol. The molecule has 0 saturated carbocycles. The van der Waals surface area contributed by atoms with Gasteiger partial charge >= 0.3 is 17.9 Å². The molecular formula is C74H124O6. The first-order valence-corrected chi connectivity index (χ1v) is 33.5. The summed E-state index contributed by atoms with van der Waals surface area (Å²) < 4.78 is 16.9. The summed E-state index contributed by atoms with van der Waals surface area (Å²) in [5.41, 5.74) is 0. The van der Waals surface area contributed by atoms with Crippen molar-refractivity contribution in [1.82, 2.24) is 0 Å². The predicted octanol–water partition coefficient (Wildman–Crippen LogP) is 23.2. The Morgan fingerprint density at radius 2 is 0.487 bits per heavy atom. The van der Waals surface area contributed by atoms with Gasteiger partial charge in [0.2, 0.25) is 0 Å². The fourth-order valence-electron chi connectivity index (χ4n) is 9.22. The lowest BCUT2D eigenvalue weighted by Crippen LogP contribution is -2.30. The van der Waals surface area contributed by atoms with Gasteiger partial charge in [0, 0.05) is 19.3 Å². The van der Waals surface area contributed by atoms with Crippen molar-refractivity contribution in [2.24, 2.45) is 0 Å². The SMILES string of the molecule is CC/C=C\C/C=C\C/C=C\C/C=C\C/C=C\CCCCCC(=O)OC(COC(=O)CCCCCCC/C=C\CCCCCCCCC)COC(=O)CCCCCCCCCCCCCCCC/C=C\C/C=C\C/C=C\C/C=C\CC. The number of allylic oxidation sites excluding steroid dienone is 20. The van der Waals surface area contributed by atoms with Crippen LogP contribution in [0.25, 0.3) is 0 Å². The Bertz CT molecular complexity index is 1650. The van der Waals surface area contributed by atoms with Crippen LogP contribution >= 0.6 is 0 Å². The molecule has 0 aliphatic carbocycles. The first-order chi connectivity index (χ1) is 39.5. The van der Waals surface area contributed by atoms with Gasteiger partial charge in [0.25, 0.3) is 0 Å². The third-order valence-electron chi connectivity index (χ3n) is 14.2. The maximum atomic E-state index is 12.9. The van der Waals surface area contributed by atoms with E-state index in [1.807, 2.05) is 0 Å². The Labute approximate surface area is 494 Å². The van der Waals surface area contributed by atoms with Gasteiger partial charge in [-0.05, 0) is 128 Å². The number of rotatable bonds is 60. The standard InChI is InChI=1S/C74H124O6/c1-4-7-10-13-16-19-22-25-28-31-33-34-35-36-37-38-39-40-42-43-46-49-52-55-58-61-64-67-73(76)79-70-71(69-78-72(75)66-63-60-57-54-51-48-45-30-27-24-21-18-15-12-9-6-3)80-74(77)68-65-62-59-56-53-50-47-44-41-32-29-26-23-20-17-14-11-8-5-2/h7-8,10-11,16-17,19-20,25-26,28-30,33-34,41,44-45,50,53,71H,4-6,9,12-15,18,21-24,27,31-32,35-40,42-43,46-49,51-52,54-70H2,1-3H3/b10-7-,11-8-,19-16-,20-17-,28-25-,29-26-,34-33-,44-41-,45-30-,53-50-. The topological polar surface area (TPSA) is 78.9 Å². The van der Waals surface area contributed by atoms with Crippen molar-refractivity contribution < 1.29 is 28.6 Å². The molecule has 0 spiro atoms. The lowest BCUT2D eigenvalue weighted by Gasteiger charge is -2.18. The van der Waals surface area contributed by atoms with E-state index >= 15 is 0 Å². The summed E-state index contributed by atoms with van der Waals surface area (Å²) in [4.78, 5) is 38.4. The molecule has 0 heterocycles. The zero-order chi connectivity index (χ0) is 57.8. The van der Waals surface area contributed by atoms with Crippen LogP contribution in [0.1, 0.15) is 310 Å². The number of ether oxygens (including phenoxy) is 3. The quantitative estimate of drug-likeness (QED) is 0.0261. The van der Waals surface area contributed by atoms with Crippen LogP contribution in [0.3, 0.4) is 0 Å². The highest BCUT2D eigenvalue weighted by atomic mass is 16.6. The first kappa shape index (κ1) is 75.8. The molecule has 1 atom stereocenters. The van der Waals surface area contributed by atoms with Crippen molar-refractivity contribution in [3.05, 3.63) is 122 Å². The van der Waals surface area contributed by atoms with Crippen LogP contribution in [0.4, 0.5) is 0 Å². The second-order valence-corrected chi connectivity index (χ2v) is 22.0. The summed E-state index contributed by atoms with van der Waals surface area (Å²) in [7, 11) is 0. The molecule has 0 aromatic carbocycles. The van der Waals surface area contributed by atoms with Gasteiger partial charge in [-0.2, -0.15) is 0 Å². The highest BCUT2D eigenvalue weighted by Crippen LogP contribution is 2.16. The molecule has 0 fully saturated rings. The van der Waals surface area contributed by atoms with E-state index in [1.54, 1.807) is 0 Å². The molecule has 0 aliphatic rings. The third-order valence-corrected chi connectivity index (χ3v) is 14.2. The normalized spacial score (nSPS) is 12.9. The molecule has 0 bridgehead atoms. The van der Waals surface area contributed by atoms with E-state index in [4.69, 9.17) is 14.2 Å². The van der Waals surface area contributed by atoms with Gasteiger partial charge in [0.1, 0.15) is 13.2 Å². The van der Waals surface area contributed by atoms with Gasteiger partial charge in [-0.1, -0.05) is 284 Å². The maximum absolute atomic E-state index is 12.9. The van der Waals surface area contributed by atoms with E-state index in [1.165, 1.54) is 141 Å². The Morgan fingerprint density at radius 3 is 0.787 bits per heavy atom. The third kappa shape index (κ3) is 64.6. The maximum Gasteiger partial charge on any atom is 0.306 e. The molecule has 0 aliphatic heterocycles. The molecule has 0 rings (SSSR count). The molecule has 0 radical (unpaired) electrons. The molecule has 6 heteroatoms. The zero-order valence-electron chi connectivity index (χ0n) is 52.3. The highest BCUT2D eigenvalue weighted by molar-refractivity contribution is 5.71. The lowest BCUT2D eigenvalue weighted by molar-refractivity contribution is -0.167. The molecule has 1 unspecified atom stereocenters. The van der Waals surface area contributed by atoms with Gasteiger partial charge in [0.15, 0.2) is 6.10 Å². The van der Waals surface area contributed by atoms with Crippen molar-refractivity contribution >= 4 is 17.9 Å². The van der Waals surface area contributed by atoms with E-state index in [-0.39, 0.29) is 37.5 Å². The Morgan fingerprint density at radius 1 is 0.263 bits per heavy atom. The van der Waals surface area contributed by atoms with Crippen molar-refractivity contribution in [3.8, 4) is 0 Å². The van der Waals surface area contributed by atoms with Crippen LogP contribution < -0.4 is 0 Å². The average molecular weight is 1110 g/mol. The summed E-state index contributed by atoms with van der Waals surface area (Å²) in [5.74, 6) is -0.928. The first-order valence-electron chi connectivity index (χ1n) is 33.5. The van der Waals surface area contributed by atoms with Gasteiger partial charge in [0.05, 0.1) is 0 Å². The Balaban J connectivity index is 4.38. The molecule has 0 aromatic rings. The van der Waals surface area contributed by atoms with Crippen LogP contribution in [0.2, 0.25) is 0 Å². The van der Waals surface area contributed by atoms with E-state index in [0.29, 0.717) is 12.8 Å². The molecule has 0 N–H and O–H groups in total. The number of hydrogen-bond acceptors (Lipinski definition) is 6. The van der Waals surface area contributed by atoms with Crippen LogP contribution in [-0.2, 0) is 28.6 Å². The van der Waals surface area contributed by atoms with Crippen LogP contribution in [0, 0.1) is 0 Å². The smallest absolute Gasteiger partial charge is 0.306 e. The fraction of sp³-hybridized carbons (Fsp3) is 0.689. The molecule has 0 amide bonds. The van der Waals surface area contributed by atoms with Crippen molar-refractivity contribution in [2.45, 2.75) is 316 Å². The number of unbranched alkanes of at least 4 members (excludes halogenated alkanes) is 29. The van der Waals surface area contributed by atoms with Crippen molar-refractivity contribution in [2.75, 3.05) is 13.2 Å². The highest BCUT2D eigenvalue weighted by Gasteiger charge is 2.19. The van der Waals surface area contributed by atoms with Gasteiger partial charge in [-0.15, -0.1) is 0 Å². The van der Waals surface area contributed by atoms with Gasteiger partial charge in [-0.3, -0.25) is 14.4 Å². The van der Waals surface area contributed by atoms with E-state index in [0.717, 1.165) is 128 Å². The summed E-state index contributed by atoms with van der Waals surface area (Å²) in [5, 5.41) is 0. The predicted molar refractivity (Wildman–Crippen MR) is 348 cm³/mol. The van der Waals surface area contributed by atoms with E-state index in [9.17, 15) is 14.4 Å².